The van der Waals surface area contributed by atoms with Crippen molar-refractivity contribution in [1.29, 1.82) is 0 Å². The monoisotopic (exact) mass is 258 g/mol. The van der Waals surface area contributed by atoms with Crippen LogP contribution in [0.5, 0.6) is 0 Å². The number of benzene rings is 1. The molecule has 0 aromatic heterocycles. The molecule has 1 nitrogen and oxygen atoms in total. The fourth-order valence-electron chi connectivity index (χ4n) is 1.59. The van der Waals surface area contributed by atoms with Crippen LogP contribution in [0.2, 0.25) is 0 Å². The van der Waals surface area contributed by atoms with Gasteiger partial charge in [-0.1, -0.05) is 56.3 Å². The Morgan fingerprint density at radius 1 is 1.06 bits per heavy atom. The van der Waals surface area contributed by atoms with E-state index in [1.807, 2.05) is 0 Å². The van der Waals surface area contributed by atoms with Gasteiger partial charge in [-0.25, -0.2) is 0 Å². The van der Waals surface area contributed by atoms with E-state index in [0.717, 1.165) is 6.08 Å². The molecular formula is C14H17F3O. The molecule has 0 aliphatic rings. The van der Waals surface area contributed by atoms with Gasteiger partial charge in [0.05, 0.1) is 6.10 Å². The zero-order chi connectivity index (χ0) is 13.8. The largest absolute Gasteiger partial charge is 0.397 e. The lowest BCUT2D eigenvalue weighted by Crippen LogP contribution is -2.27. The lowest BCUT2D eigenvalue weighted by Gasteiger charge is -2.23. The van der Waals surface area contributed by atoms with Crippen molar-refractivity contribution in [3.05, 3.63) is 48.0 Å². The van der Waals surface area contributed by atoms with Crippen LogP contribution >= 0.6 is 0 Å². The van der Waals surface area contributed by atoms with Gasteiger partial charge in [-0.15, -0.1) is 0 Å². The molecule has 0 heterocycles. The van der Waals surface area contributed by atoms with E-state index >= 15 is 0 Å². The Morgan fingerprint density at radius 3 is 2.06 bits per heavy atom. The molecule has 0 amide bonds. The van der Waals surface area contributed by atoms with E-state index in [2.05, 4.69) is 0 Å². The summed E-state index contributed by atoms with van der Waals surface area (Å²) in [6, 6.07) is 7.90. The maximum atomic E-state index is 12.9. The Labute approximate surface area is 105 Å². The molecule has 100 valence electrons. The molecule has 4 heteroatoms. The van der Waals surface area contributed by atoms with Crippen LogP contribution in [-0.2, 0) is 0 Å². The van der Waals surface area contributed by atoms with E-state index in [1.165, 1.54) is 18.2 Å². The highest BCUT2D eigenvalue weighted by atomic mass is 19.4. The standard InChI is InChI=1S/C14H17F3O/c1-10(2)8-9-12(14(15,16)17)13(18)11-6-4-3-5-7-11/h3-10,12-13,18H,1-2H3/b9-8-/t12-,13+/m0/s1. The highest BCUT2D eigenvalue weighted by molar-refractivity contribution is 5.20. The average Bonchev–Trinajstić information content (AvgIpc) is 2.28. The summed E-state index contributed by atoms with van der Waals surface area (Å²) >= 11 is 0. The summed E-state index contributed by atoms with van der Waals surface area (Å²) in [6.45, 7) is 3.58. The van der Waals surface area contributed by atoms with Crippen molar-refractivity contribution in [3.8, 4) is 0 Å². The third-order valence-corrected chi connectivity index (χ3v) is 2.56. The first-order valence-corrected chi connectivity index (χ1v) is 5.80. The van der Waals surface area contributed by atoms with Crippen LogP contribution in [0.1, 0.15) is 25.5 Å². The number of hydrogen-bond donors (Lipinski definition) is 1. The first-order chi connectivity index (χ1) is 8.32. The molecule has 0 unspecified atom stereocenters. The number of rotatable bonds is 4. The van der Waals surface area contributed by atoms with Crippen LogP contribution in [0, 0.1) is 11.8 Å². The fraction of sp³-hybridized carbons (Fsp3) is 0.429. The zero-order valence-electron chi connectivity index (χ0n) is 10.4. The molecule has 0 aliphatic carbocycles. The Balaban J connectivity index is 2.97. The number of aliphatic hydroxyl groups excluding tert-OH is 1. The van der Waals surface area contributed by atoms with Gasteiger partial charge in [-0.05, 0) is 11.5 Å². The van der Waals surface area contributed by atoms with Crippen molar-refractivity contribution in [2.45, 2.75) is 26.1 Å². The minimum atomic E-state index is -4.46. The van der Waals surface area contributed by atoms with Gasteiger partial charge in [0, 0.05) is 0 Å². The van der Waals surface area contributed by atoms with Gasteiger partial charge in [0.1, 0.15) is 5.92 Å². The lowest BCUT2D eigenvalue weighted by molar-refractivity contribution is -0.185. The first kappa shape index (κ1) is 14.8. The normalized spacial score (nSPS) is 16.2. The molecule has 0 aliphatic heterocycles. The fourth-order valence-corrected chi connectivity index (χ4v) is 1.59. The van der Waals surface area contributed by atoms with Crippen LogP contribution < -0.4 is 0 Å². The number of alkyl halides is 3. The van der Waals surface area contributed by atoms with Crippen LogP contribution in [0.4, 0.5) is 13.2 Å². The zero-order valence-corrected chi connectivity index (χ0v) is 10.4. The second kappa shape index (κ2) is 6.05. The van der Waals surface area contributed by atoms with E-state index in [9.17, 15) is 18.3 Å². The third-order valence-electron chi connectivity index (χ3n) is 2.56. The van der Waals surface area contributed by atoms with Crippen LogP contribution in [0.25, 0.3) is 0 Å². The predicted octanol–water partition coefficient (Wildman–Crippen LogP) is 4.11. The Hall–Kier alpha value is -1.29. The van der Waals surface area contributed by atoms with E-state index in [1.54, 1.807) is 32.0 Å². The van der Waals surface area contributed by atoms with Crippen LogP contribution in [0.3, 0.4) is 0 Å². The number of hydrogen-bond acceptors (Lipinski definition) is 1. The van der Waals surface area contributed by atoms with Crippen LogP contribution in [-0.4, -0.2) is 11.3 Å². The Morgan fingerprint density at radius 2 is 1.61 bits per heavy atom. The summed E-state index contributed by atoms with van der Waals surface area (Å²) in [6.07, 6.45) is -3.52. The van der Waals surface area contributed by atoms with E-state index < -0.39 is 18.2 Å². The maximum absolute atomic E-state index is 12.9. The molecule has 1 aromatic rings. The highest BCUT2D eigenvalue weighted by Crippen LogP contribution is 2.37. The summed E-state index contributed by atoms with van der Waals surface area (Å²) in [7, 11) is 0. The minimum absolute atomic E-state index is 0.0119. The second-order valence-electron chi connectivity index (χ2n) is 4.55. The van der Waals surface area contributed by atoms with Crippen molar-refractivity contribution in [2.75, 3.05) is 0 Å². The summed E-state index contributed by atoms with van der Waals surface area (Å²) in [5.41, 5.74) is 0.272. The molecule has 0 radical (unpaired) electrons. The molecule has 1 rings (SSSR count). The lowest BCUT2D eigenvalue weighted by atomic mass is 9.94. The smallest absolute Gasteiger partial charge is 0.387 e. The number of allylic oxidation sites excluding steroid dienone is 1. The van der Waals surface area contributed by atoms with Crippen molar-refractivity contribution < 1.29 is 18.3 Å². The Kier molecular flexibility index (Phi) is 4.96. The van der Waals surface area contributed by atoms with E-state index in [-0.39, 0.29) is 11.5 Å². The van der Waals surface area contributed by atoms with Crippen molar-refractivity contribution in [1.82, 2.24) is 0 Å². The molecule has 1 aromatic carbocycles. The van der Waals surface area contributed by atoms with Crippen molar-refractivity contribution in [2.24, 2.45) is 11.8 Å². The molecule has 0 fully saturated rings. The molecular weight excluding hydrogens is 241 g/mol. The molecule has 0 saturated carbocycles. The van der Waals surface area contributed by atoms with Crippen LogP contribution in [0.15, 0.2) is 42.5 Å². The quantitative estimate of drug-likeness (QED) is 0.806. The van der Waals surface area contributed by atoms with E-state index in [0.29, 0.717) is 0 Å². The third kappa shape index (κ3) is 4.18. The number of halogens is 3. The molecule has 0 saturated heterocycles. The summed E-state index contributed by atoms with van der Waals surface area (Å²) < 4.78 is 38.7. The minimum Gasteiger partial charge on any atom is -0.387 e. The summed E-state index contributed by atoms with van der Waals surface area (Å²) in [4.78, 5) is 0. The predicted molar refractivity (Wildman–Crippen MR) is 64.9 cm³/mol. The molecule has 2 atom stereocenters. The van der Waals surface area contributed by atoms with Gasteiger partial charge in [-0.2, -0.15) is 13.2 Å². The van der Waals surface area contributed by atoms with Gasteiger partial charge in [0.25, 0.3) is 0 Å². The topological polar surface area (TPSA) is 20.2 Å². The second-order valence-corrected chi connectivity index (χ2v) is 4.55. The maximum Gasteiger partial charge on any atom is 0.397 e. The summed E-state index contributed by atoms with van der Waals surface area (Å²) in [5.74, 6) is -1.86. The van der Waals surface area contributed by atoms with Gasteiger partial charge < -0.3 is 5.11 Å². The first-order valence-electron chi connectivity index (χ1n) is 5.80. The Bertz CT molecular complexity index is 382. The van der Waals surface area contributed by atoms with Gasteiger partial charge in [0.15, 0.2) is 0 Å². The summed E-state index contributed by atoms with van der Waals surface area (Å²) in [5, 5.41) is 9.86. The van der Waals surface area contributed by atoms with Gasteiger partial charge >= 0.3 is 6.18 Å². The van der Waals surface area contributed by atoms with Crippen molar-refractivity contribution >= 4 is 0 Å². The highest BCUT2D eigenvalue weighted by Gasteiger charge is 2.42. The van der Waals surface area contributed by atoms with Crippen molar-refractivity contribution in [3.63, 3.8) is 0 Å². The number of aliphatic hydroxyl groups is 1. The molecule has 18 heavy (non-hydrogen) atoms. The SMILES string of the molecule is CC(C)/C=C\[C@@H]([C@H](O)c1ccccc1)C(F)(F)F. The molecule has 0 spiro atoms. The van der Waals surface area contributed by atoms with Gasteiger partial charge in [-0.3, -0.25) is 0 Å². The van der Waals surface area contributed by atoms with E-state index in [4.69, 9.17) is 0 Å². The molecule has 0 bridgehead atoms. The molecule has 1 N–H and O–H groups in total. The average molecular weight is 258 g/mol. The van der Waals surface area contributed by atoms with Gasteiger partial charge in [0.2, 0.25) is 0 Å².